The number of nitrogens with one attached hydrogen (secondary N) is 2. The molecule has 1 unspecified atom stereocenters. The van der Waals surface area contributed by atoms with Gasteiger partial charge in [0.2, 0.25) is 15.9 Å². The van der Waals surface area contributed by atoms with E-state index in [1.54, 1.807) is 18.7 Å². The molecule has 0 saturated heterocycles. The van der Waals surface area contributed by atoms with E-state index in [1.165, 1.54) is 16.9 Å². The van der Waals surface area contributed by atoms with E-state index in [1.807, 2.05) is 24.5 Å². The summed E-state index contributed by atoms with van der Waals surface area (Å²) in [7, 11) is -3.47. The molecule has 3 rings (SSSR count). The van der Waals surface area contributed by atoms with Crippen LogP contribution in [0, 0.1) is 0 Å². The molecule has 2 N–H and O–H groups in total. The van der Waals surface area contributed by atoms with Crippen molar-refractivity contribution in [1.82, 2.24) is 14.6 Å². The lowest BCUT2D eigenvalue weighted by Gasteiger charge is -2.25. The second kappa shape index (κ2) is 10.7. The lowest BCUT2D eigenvalue weighted by molar-refractivity contribution is -0.117. The van der Waals surface area contributed by atoms with Crippen molar-refractivity contribution in [3.63, 3.8) is 0 Å². The maximum Gasteiger partial charge on any atom is 0.244 e. The van der Waals surface area contributed by atoms with E-state index in [0.29, 0.717) is 17.3 Å². The number of carbonyl (C=O) groups excluding carboxylic acids is 1. The van der Waals surface area contributed by atoms with E-state index in [9.17, 15) is 13.2 Å². The molecule has 1 aliphatic heterocycles. The van der Waals surface area contributed by atoms with Crippen molar-refractivity contribution in [1.29, 1.82) is 0 Å². The average molecular weight is 469 g/mol. The summed E-state index contributed by atoms with van der Waals surface area (Å²) in [6.45, 7) is 4.17. The summed E-state index contributed by atoms with van der Waals surface area (Å²) < 4.78 is 26.4. The number of thiazole rings is 1. The molecule has 0 saturated carbocycles. The van der Waals surface area contributed by atoms with Crippen LogP contribution in [0.4, 0.5) is 5.13 Å². The van der Waals surface area contributed by atoms with Crippen molar-refractivity contribution in [2.24, 2.45) is 0 Å². The Hall–Kier alpha value is -1.46. The largest absolute Gasteiger partial charge is 0.301 e. The highest BCUT2D eigenvalue weighted by Gasteiger charge is 2.26. The quantitative estimate of drug-likeness (QED) is 0.557. The van der Waals surface area contributed by atoms with E-state index < -0.39 is 16.1 Å². The van der Waals surface area contributed by atoms with Crippen LogP contribution in [0.2, 0.25) is 0 Å². The maximum absolute atomic E-state index is 12.7. The molecule has 1 atom stereocenters. The van der Waals surface area contributed by atoms with E-state index >= 15 is 0 Å². The first-order chi connectivity index (χ1) is 14.4. The van der Waals surface area contributed by atoms with Crippen molar-refractivity contribution < 1.29 is 13.2 Å². The van der Waals surface area contributed by atoms with Crippen molar-refractivity contribution in [3.05, 3.63) is 46.5 Å². The van der Waals surface area contributed by atoms with Gasteiger partial charge in [-0.1, -0.05) is 30.3 Å². The van der Waals surface area contributed by atoms with Gasteiger partial charge in [0.05, 0.1) is 11.4 Å². The normalized spacial score (nSPS) is 15.5. The SMILES string of the molecule is CCS(=O)(=O)NC(CCSC)C(=O)Nc1nc2c(s1)CN(Cc1ccccc1)CC2. The number of hydrogen-bond donors (Lipinski definition) is 2. The van der Waals surface area contributed by atoms with Gasteiger partial charge in [0.25, 0.3) is 0 Å². The highest BCUT2D eigenvalue weighted by Crippen LogP contribution is 2.29. The molecular weight excluding hydrogens is 440 g/mol. The summed E-state index contributed by atoms with van der Waals surface area (Å²) in [5, 5.41) is 3.37. The van der Waals surface area contributed by atoms with Gasteiger partial charge in [-0.15, -0.1) is 11.3 Å². The molecule has 1 aromatic carbocycles. The fraction of sp³-hybridized carbons (Fsp3) is 0.500. The molecule has 164 valence electrons. The number of aromatic nitrogens is 1. The lowest BCUT2D eigenvalue weighted by Crippen LogP contribution is -2.44. The van der Waals surface area contributed by atoms with Gasteiger partial charge in [0.1, 0.15) is 6.04 Å². The van der Waals surface area contributed by atoms with Crippen LogP contribution in [0.1, 0.15) is 29.5 Å². The zero-order valence-electron chi connectivity index (χ0n) is 17.3. The highest BCUT2D eigenvalue weighted by atomic mass is 32.2. The van der Waals surface area contributed by atoms with Crippen LogP contribution >= 0.6 is 23.1 Å². The summed E-state index contributed by atoms with van der Waals surface area (Å²) in [5.41, 5.74) is 2.30. The first-order valence-electron chi connectivity index (χ1n) is 9.95. The third kappa shape index (κ3) is 6.52. The molecule has 2 aromatic rings. The Labute approximate surface area is 186 Å². The number of benzene rings is 1. The fourth-order valence-electron chi connectivity index (χ4n) is 3.25. The Morgan fingerprint density at radius 1 is 1.33 bits per heavy atom. The van der Waals surface area contributed by atoms with Gasteiger partial charge >= 0.3 is 0 Å². The second-order valence-electron chi connectivity index (χ2n) is 7.18. The van der Waals surface area contributed by atoms with Gasteiger partial charge < -0.3 is 5.32 Å². The highest BCUT2D eigenvalue weighted by molar-refractivity contribution is 7.98. The zero-order chi connectivity index (χ0) is 21.6. The van der Waals surface area contributed by atoms with E-state index in [4.69, 9.17) is 0 Å². The van der Waals surface area contributed by atoms with Crippen LogP contribution in [-0.2, 0) is 34.3 Å². The molecule has 1 aliphatic rings. The lowest BCUT2D eigenvalue weighted by atomic mass is 10.1. The minimum atomic E-state index is -3.47. The molecule has 1 aromatic heterocycles. The van der Waals surface area contributed by atoms with Crippen LogP contribution in [0.15, 0.2) is 30.3 Å². The molecule has 30 heavy (non-hydrogen) atoms. The Morgan fingerprint density at radius 3 is 2.80 bits per heavy atom. The van der Waals surface area contributed by atoms with Gasteiger partial charge in [-0.25, -0.2) is 18.1 Å². The Bertz CT molecular complexity index is 947. The third-order valence-corrected chi connectivity index (χ3v) is 7.96. The van der Waals surface area contributed by atoms with Crippen molar-refractivity contribution >= 4 is 44.2 Å². The minimum absolute atomic E-state index is 0.0567. The van der Waals surface area contributed by atoms with Crippen molar-refractivity contribution in [2.75, 3.05) is 29.6 Å². The van der Waals surface area contributed by atoms with E-state index in [0.717, 1.165) is 36.6 Å². The van der Waals surface area contributed by atoms with Crippen LogP contribution in [0.5, 0.6) is 0 Å². The topological polar surface area (TPSA) is 91.4 Å². The smallest absolute Gasteiger partial charge is 0.244 e. The van der Waals surface area contributed by atoms with Gasteiger partial charge in [0, 0.05) is 30.9 Å². The fourth-order valence-corrected chi connectivity index (χ4v) is 5.60. The van der Waals surface area contributed by atoms with E-state index in [-0.39, 0.29) is 11.7 Å². The summed E-state index contributed by atoms with van der Waals surface area (Å²) in [6.07, 6.45) is 3.20. The van der Waals surface area contributed by atoms with Crippen molar-refractivity contribution in [2.45, 2.75) is 38.9 Å². The zero-order valence-corrected chi connectivity index (χ0v) is 19.7. The molecule has 0 spiro atoms. The van der Waals surface area contributed by atoms with Crippen LogP contribution < -0.4 is 10.0 Å². The number of carbonyl (C=O) groups is 1. The van der Waals surface area contributed by atoms with E-state index in [2.05, 4.69) is 32.1 Å². The Morgan fingerprint density at radius 2 is 2.10 bits per heavy atom. The molecule has 0 aliphatic carbocycles. The number of nitrogens with zero attached hydrogens (tertiary/aromatic N) is 2. The predicted molar refractivity (Wildman–Crippen MR) is 124 cm³/mol. The summed E-state index contributed by atoms with van der Waals surface area (Å²) in [4.78, 5) is 20.9. The van der Waals surface area contributed by atoms with Gasteiger partial charge in [-0.2, -0.15) is 11.8 Å². The summed E-state index contributed by atoms with van der Waals surface area (Å²) >= 11 is 3.05. The Kier molecular flexibility index (Phi) is 8.29. The molecule has 0 radical (unpaired) electrons. The van der Waals surface area contributed by atoms with Crippen LogP contribution in [0.3, 0.4) is 0 Å². The number of sulfonamides is 1. The number of amides is 1. The van der Waals surface area contributed by atoms with Crippen LogP contribution in [-0.4, -0.2) is 54.6 Å². The predicted octanol–water partition coefficient (Wildman–Crippen LogP) is 2.70. The van der Waals surface area contributed by atoms with Gasteiger partial charge in [0.15, 0.2) is 5.13 Å². The molecule has 0 bridgehead atoms. The number of anilines is 1. The minimum Gasteiger partial charge on any atom is -0.301 e. The molecule has 10 heteroatoms. The Balaban J connectivity index is 1.64. The number of rotatable bonds is 10. The standard InChI is InChI=1S/C20H28N4O3S3/c1-3-30(26,27)23-17(10-12-28-2)19(25)22-20-21-16-9-11-24(14-18(16)29-20)13-15-7-5-4-6-8-15/h4-8,17,23H,3,9-14H2,1-2H3,(H,21,22,25). The average Bonchev–Trinajstić information content (AvgIpc) is 3.13. The van der Waals surface area contributed by atoms with Gasteiger partial charge in [-0.3, -0.25) is 9.69 Å². The van der Waals surface area contributed by atoms with Crippen molar-refractivity contribution in [3.8, 4) is 0 Å². The van der Waals surface area contributed by atoms with Crippen LogP contribution in [0.25, 0.3) is 0 Å². The number of thioether (sulfide) groups is 1. The molecule has 0 fully saturated rings. The number of hydrogen-bond acceptors (Lipinski definition) is 7. The molecule has 7 nitrogen and oxygen atoms in total. The first kappa shape index (κ1) is 23.2. The number of fused-ring (bicyclic) bond motifs is 1. The molecular formula is C20H28N4O3S3. The summed E-state index contributed by atoms with van der Waals surface area (Å²) in [5.74, 6) is 0.278. The molecule has 2 heterocycles. The summed E-state index contributed by atoms with van der Waals surface area (Å²) in [6, 6.07) is 9.57. The monoisotopic (exact) mass is 468 g/mol. The maximum atomic E-state index is 12.7. The second-order valence-corrected chi connectivity index (χ2v) is 11.3. The first-order valence-corrected chi connectivity index (χ1v) is 13.8. The molecule has 1 amide bonds. The van der Waals surface area contributed by atoms with Gasteiger partial charge in [-0.05, 0) is 30.9 Å². The third-order valence-electron chi connectivity index (χ3n) is 4.92.